The molecule has 1 aromatic rings. The van der Waals surface area contributed by atoms with E-state index in [9.17, 15) is 0 Å². The molecule has 2 atom stereocenters. The molecule has 0 radical (unpaired) electrons. The van der Waals surface area contributed by atoms with Crippen LogP contribution >= 0.6 is 31.9 Å². The second kappa shape index (κ2) is 5.09. The molecule has 88 valence electrons. The first kappa shape index (κ1) is 12.4. The minimum Gasteiger partial charge on any atom is -0.374 e. The number of halogens is 2. The lowest BCUT2D eigenvalue weighted by Gasteiger charge is -2.22. The molecule has 0 aliphatic heterocycles. The van der Waals surface area contributed by atoms with E-state index in [2.05, 4.69) is 68.9 Å². The van der Waals surface area contributed by atoms with Gasteiger partial charge in [-0.1, -0.05) is 44.8 Å². The van der Waals surface area contributed by atoms with Crippen LogP contribution in [0.5, 0.6) is 0 Å². The maximum Gasteiger partial charge on any atom is 0.0416 e. The van der Waals surface area contributed by atoms with Gasteiger partial charge >= 0.3 is 0 Å². The summed E-state index contributed by atoms with van der Waals surface area (Å²) in [6.45, 7) is 3.52. The zero-order valence-electron chi connectivity index (χ0n) is 9.71. The van der Waals surface area contributed by atoms with Crippen LogP contribution in [0.2, 0.25) is 0 Å². The monoisotopic (exact) mass is 345 g/mol. The van der Waals surface area contributed by atoms with Crippen molar-refractivity contribution in [2.24, 2.45) is 11.8 Å². The molecular weight excluding hydrogens is 330 g/mol. The maximum absolute atomic E-state index is 3.55. The van der Waals surface area contributed by atoms with Crippen LogP contribution in [0.4, 0.5) is 5.69 Å². The molecule has 0 N–H and O–H groups in total. The summed E-state index contributed by atoms with van der Waals surface area (Å²) in [5.74, 6) is 1.81. The third-order valence-corrected chi connectivity index (χ3v) is 4.48. The quantitative estimate of drug-likeness (QED) is 0.728. The first-order chi connectivity index (χ1) is 7.61. The summed E-state index contributed by atoms with van der Waals surface area (Å²) in [4.78, 5) is 2.38. The third-order valence-electron chi connectivity index (χ3n) is 3.39. The minimum absolute atomic E-state index is 0.896. The summed E-state index contributed by atoms with van der Waals surface area (Å²) in [7, 11) is 2.19. The van der Waals surface area contributed by atoms with Crippen molar-refractivity contribution >= 4 is 37.5 Å². The molecule has 1 aromatic carbocycles. The van der Waals surface area contributed by atoms with Crippen LogP contribution in [0.15, 0.2) is 22.7 Å². The Labute approximate surface area is 114 Å². The molecule has 0 heterocycles. The number of hydrogen-bond acceptors (Lipinski definition) is 1. The summed E-state index contributed by atoms with van der Waals surface area (Å²) in [5, 5.41) is 0.917. The minimum atomic E-state index is 0.896. The smallest absolute Gasteiger partial charge is 0.0416 e. The fourth-order valence-electron chi connectivity index (χ4n) is 2.11. The average molecular weight is 347 g/mol. The molecule has 1 saturated carbocycles. The van der Waals surface area contributed by atoms with Crippen molar-refractivity contribution in [1.29, 1.82) is 0 Å². The highest BCUT2D eigenvalue weighted by atomic mass is 79.9. The number of nitrogens with zero attached hydrogens (tertiary/aromatic N) is 1. The number of anilines is 1. The van der Waals surface area contributed by atoms with Gasteiger partial charge in [-0.2, -0.15) is 0 Å². The Bertz CT molecular complexity index is 378. The van der Waals surface area contributed by atoms with E-state index in [0.29, 0.717) is 0 Å². The van der Waals surface area contributed by atoms with Gasteiger partial charge in [-0.05, 0) is 36.0 Å². The molecule has 0 bridgehead atoms. The number of rotatable bonds is 4. The van der Waals surface area contributed by atoms with Gasteiger partial charge in [-0.25, -0.2) is 0 Å². The van der Waals surface area contributed by atoms with E-state index in [1.807, 2.05) is 0 Å². The Kier molecular flexibility index (Phi) is 3.96. The molecule has 0 spiro atoms. The third kappa shape index (κ3) is 2.80. The predicted octanol–water partition coefficient (Wildman–Crippen LogP) is 4.44. The van der Waals surface area contributed by atoms with Crippen molar-refractivity contribution in [3.8, 4) is 0 Å². The number of alkyl halides is 1. The molecule has 0 aromatic heterocycles. The van der Waals surface area contributed by atoms with Gasteiger partial charge in [-0.15, -0.1) is 0 Å². The number of benzene rings is 1. The Morgan fingerprint density at radius 2 is 2.12 bits per heavy atom. The summed E-state index contributed by atoms with van der Waals surface area (Å²) < 4.78 is 1.16. The first-order valence-corrected chi connectivity index (χ1v) is 7.58. The standard InChI is InChI=1S/C13H17Br2N/c1-9-5-11(9)8-16(2)13-6-12(15)4-3-10(13)7-14/h3-4,6,9,11H,5,7-8H2,1-2H3. The molecule has 3 heteroatoms. The molecule has 16 heavy (non-hydrogen) atoms. The fourth-order valence-corrected chi connectivity index (χ4v) is 2.93. The molecule has 1 fully saturated rings. The zero-order chi connectivity index (χ0) is 11.7. The summed E-state index contributed by atoms with van der Waals surface area (Å²) in [5.41, 5.74) is 2.70. The fraction of sp³-hybridized carbons (Fsp3) is 0.538. The zero-order valence-corrected chi connectivity index (χ0v) is 12.9. The van der Waals surface area contributed by atoms with Gasteiger partial charge in [-0.3, -0.25) is 0 Å². The van der Waals surface area contributed by atoms with E-state index < -0.39 is 0 Å². The van der Waals surface area contributed by atoms with Gasteiger partial charge in [0.05, 0.1) is 0 Å². The van der Waals surface area contributed by atoms with E-state index in [0.717, 1.165) is 21.6 Å². The van der Waals surface area contributed by atoms with Gasteiger partial charge in [0.25, 0.3) is 0 Å². The van der Waals surface area contributed by atoms with Gasteiger partial charge in [0.1, 0.15) is 0 Å². The first-order valence-electron chi connectivity index (χ1n) is 5.67. The summed E-state index contributed by atoms with van der Waals surface area (Å²) in [6, 6.07) is 6.50. The van der Waals surface area contributed by atoms with Crippen molar-refractivity contribution in [1.82, 2.24) is 0 Å². The summed E-state index contributed by atoms with van der Waals surface area (Å²) in [6.07, 6.45) is 1.39. The molecule has 1 nitrogen and oxygen atoms in total. The Morgan fingerprint density at radius 3 is 2.69 bits per heavy atom. The lowest BCUT2D eigenvalue weighted by Crippen LogP contribution is -2.21. The van der Waals surface area contributed by atoms with E-state index in [-0.39, 0.29) is 0 Å². The van der Waals surface area contributed by atoms with Crippen LogP contribution in [0.1, 0.15) is 18.9 Å². The predicted molar refractivity (Wildman–Crippen MR) is 77.3 cm³/mol. The lowest BCUT2D eigenvalue weighted by molar-refractivity contribution is 0.724. The van der Waals surface area contributed by atoms with E-state index in [1.54, 1.807) is 0 Å². The van der Waals surface area contributed by atoms with Crippen LogP contribution in [0.3, 0.4) is 0 Å². The Hall–Kier alpha value is -0.0200. The highest BCUT2D eigenvalue weighted by Crippen LogP contribution is 2.39. The Morgan fingerprint density at radius 1 is 1.44 bits per heavy atom. The molecule has 0 saturated heterocycles. The molecular formula is C13H17Br2N. The highest BCUT2D eigenvalue weighted by Gasteiger charge is 2.33. The van der Waals surface area contributed by atoms with Crippen molar-refractivity contribution in [2.75, 3.05) is 18.5 Å². The highest BCUT2D eigenvalue weighted by molar-refractivity contribution is 9.10. The van der Waals surface area contributed by atoms with Crippen molar-refractivity contribution in [2.45, 2.75) is 18.7 Å². The normalized spacial score (nSPS) is 23.2. The van der Waals surface area contributed by atoms with E-state index in [1.165, 1.54) is 24.2 Å². The van der Waals surface area contributed by atoms with Crippen LogP contribution in [-0.4, -0.2) is 13.6 Å². The second-order valence-electron chi connectivity index (χ2n) is 4.76. The van der Waals surface area contributed by atoms with Gasteiger partial charge in [0.15, 0.2) is 0 Å². The maximum atomic E-state index is 3.55. The average Bonchev–Trinajstić information content (AvgIpc) is 2.94. The van der Waals surface area contributed by atoms with Crippen LogP contribution < -0.4 is 4.90 Å². The molecule has 2 rings (SSSR count). The van der Waals surface area contributed by atoms with Crippen LogP contribution in [-0.2, 0) is 5.33 Å². The van der Waals surface area contributed by atoms with E-state index in [4.69, 9.17) is 0 Å². The van der Waals surface area contributed by atoms with Crippen LogP contribution in [0, 0.1) is 11.8 Å². The van der Waals surface area contributed by atoms with Crippen molar-refractivity contribution in [3.05, 3.63) is 28.2 Å². The van der Waals surface area contributed by atoms with Gasteiger partial charge in [0.2, 0.25) is 0 Å². The van der Waals surface area contributed by atoms with Gasteiger partial charge < -0.3 is 4.90 Å². The van der Waals surface area contributed by atoms with Crippen LogP contribution in [0.25, 0.3) is 0 Å². The lowest BCUT2D eigenvalue weighted by atomic mass is 10.2. The van der Waals surface area contributed by atoms with E-state index >= 15 is 0 Å². The van der Waals surface area contributed by atoms with Gasteiger partial charge in [0, 0.05) is 29.1 Å². The summed E-state index contributed by atoms with van der Waals surface area (Å²) >= 11 is 7.10. The van der Waals surface area contributed by atoms with Crippen molar-refractivity contribution in [3.63, 3.8) is 0 Å². The molecule has 2 unspecified atom stereocenters. The second-order valence-corrected chi connectivity index (χ2v) is 6.24. The van der Waals surface area contributed by atoms with Crippen molar-refractivity contribution < 1.29 is 0 Å². The molecule has 0 amide bonds. The SMILES string of the molecule is CC1CC1CN(C)c1cc(Br)ccc1CBr. The Balaban J connectivity index is 2.13. The molecule has 1 aliphatic rings. The largest absolute Gasteiger partial charge is 0.374 e. The topological polar surface area (TPSA) is 3.24 Å². The molecule has 1 aliphatic carbocycles. The number of hydrogen-bond donors (Lipinski definition) is 0.